The molecule has 0 aliphatic carbocycles. The lowest BCUT2D eigenvalue weighted by Gasteiger charge is -2.29. The number of imide groups is 1. The second-order valence-electron chi connectivity index (χ2n) is 3.66. The van der Waals surface area contributed by atoms with E-state index >= 15 is 0 Å². The molecule has 10 heteroatoms. The second kappa shape index (κ2) is 7.76. The highest BCUT2D eigenvalue weighted by Gasteiger charge is 2.38. The molecule has 0 bridgehead atoms. The zero-order chi connectivity index (χ0) is 15.2. The third-order valence-corrected chi connectivity index (χ3v) is 2.27. The standard InChI is InChI=1S/C9H17N3O7/c10-4(1-13)7(16)12(6(3-15)9(18)19)8(17)5(11)2-14/h4-6,13-15H,1-3,10-11H2,(H,18,19). The van der Waals surface area contributed by atoms with Gasteiger partial charge in [-0.15, -0.1) is 0 Å². The Labute approximate surface area is 108 Å². The summed E-state index contributed by atoms with van der Waals surface area (Å²) in [6.07, 6.45) is 0. The molecule has 0 heterocycles. The summed E-state index contributed by atoms with van der Waals surface area (Å²) in [5.41, 5.74) is 10.4. The molecule has 3 unspecified atom stereocenters. The molecule has 0 fully saturated rings. The summed E-state index contributed by atoms with van der Waals surface area (Å²) in [4.78, 5) is 34.5. The molecule has 19 heavy (non-hydrogen) atoms. The topological polar surface area (TPSA) is 187 Å². The normalized spacial score (nSPS) is 15.4. The lowest BCUT2D eigenvalue weighted by molar-refractivity contribution is -0.161. The molecule has 0 aliphatic rings. The van der Waals surface area contributed by atoms with Crippen LogP contribution in [0.3, 0.4) is 0 Å². The number of carboxylic acids is 1. The number of nitrogens with zero attached hydrogens (tertiary/aromatic N) is 1. The first-order valence-electron chi connectivity index (χ1n) is 5.25. The molecule has 0 radical (unpaired) electrons. The Morgan fingerprint density at radius 1 is 0.895 bits per heavy atom. The van der Waals surface area contributed by atoms with Crippen LogP contribution in [0.15, 0.2) is 0 Å². The molecule has 0 aromatic rings. The largest absolute Gasteiger partial charge is 0.480 e. The van der Waals surface area contributed by atoms with E-state index in [9.17, 15) is 14.4 Å². The van der Waals surface area contributed by atoms with Gasteiger partial charge in [0.1, 0.15) is 12.1 Å². The molecule has 110 valence electrons. The minimum atomic E-state index is -1.89. The van der Waals surface area contributed by atoms with Gasteiger partial charge in [-0.2, -0.15) is 0 Å². The predicted octanol–water partition coefficient (Wildman–Crippen LogP) is -4.57. The van der Waals surface area contributed by atoms with Crippen LogP contribution in [0.5, 0.6) is 0 Å². The Bertz CT molecular complexity index is 327. The van der Waals surface area contributed by atoms with Crippen molar-refractivity contribution in [2.45, 2.75) is 18.1 Å². The molecule has 0 saturated heterocycles. The number of aliphatic carboxylic acids is 1. The Morgan fingerprint density at radius 2 is 1.26 bits per heavy atom. The smallest absolute Gasteiger partial charge is 0.329 e. The van der Waals surface area contributed by atoms with Gasteiger partial charge in [-0.1, -0.05) is 0 Å². The fourth-order valence-corrected chi connectivity index (χ4v) is 1.20. The zero-order valence-corrected chi connectivity index (χ0v) is 9.97. The molecule has 10 nitrogen and oxygen atoms in total. The maximum Gasteiger partial charge on any atom is 0.329 e. The average molecular weight is 279 g/mol. The Morgan fingerprint density at radius 3 is 1.47 bits per heavy atom. The summed E-state index contributed by atoms with van der Waals surface area (Å²) in [5.74, 6) is -4.07. The molecule has 2 amide bonds. The van der Waals surface area contributed by atoms with Crippen molar-refractivity contribution in [1.82, 2.24) is 4.90 Å². The van der Waals surface area contributed by atoms with E-state index in [0.717, 1.165) is 0 Å². The first kappa shape index (κ1) is 17.4. The van der Waals surface area contributed by atoms with Crippen molar-refractivity contribution in [1.29, 1.82) is 0 Å². The highest BCUT2D eigenvalue weighted by Crippen LogP contribution is 2.06. The third kappa shape index (κ3) is 4.22. The predicted molar refractivity (Wildman–Crippen MR) is 60.5 cm³/mol. The number of aliphatic hydroxyl groups is 3. The molecule has 0 aliphatic heterocycles. The van der Waals surface area contributed by atoms with Gasteiger partial charge >= 0.3 is 5.97 Å². The van der Waals surface area contributed by atoms with Crippen LogP contribution >= 0.6 is 0 Å². The minimum absolute atomic E-state index is 0.143. The van der Waals surface area contributed by atoms with E-state index in [4.69, 9.17) is 31.9 Å². The maximum atomic E-state index is 11.7. The lowest BCUT2D eigenvalue weighted by atomic mass is 10.1. The highest BCUT2D eigenvalue weighted by atomic mass is 16.4. The van der Waals surface area contributed by atoms with Crippen molar-refractivity contribution in [3.63, 3.8) is 0 Å². The molecule has 0 rings (SSSR count). The van der Waals surface area contributed by atoms with E-state index < -0.39 is 55.7 Å². The van der Waals surface area contributed by atoms with Crippen molar-refractivity contribution in [3.05, 3.63) is 0 Å². The first-order chi connectivity index (χ1) is 8.81. The van der Waals surface area contributed by atoms with Crippen LogP contribution in [-0.4, -0.2) is 81.1 Å². The van der Waals surface area contributed by atoms with Gasteiger partial charge in [0.15, 0.2) is 6.04 Å². The van der Waals surface area contributed by atoms with Crippen LogP contribution < -0.4 is 11.5 Å². The number of carbonyl (C=O) groups excluding carboxylic acids is 2. The third-order valence-electron chi connectivity index (χ3n) is 2.27. The van der Waals surface area contributed by atoms with Gasteiger partial charge < -0.3 is 31.9 Å². The molecule has 0 saturated carbocycles. The summed E-state index contributed by atoms with van der Waals surface area (Å²) in [7, 11) is 0. The fraction of sp³-hybridized carbons (Fsp3) is 0.667. The van der Waals surface area contributed by atoms with Crippen molar-refractivity contribution >= 4 is 17.8 Å². The minimum Gasteiger partial charge on any atom is -0.480 e. The zero-order valence-electron chi connectivity index (χ0n) is 9.97. The second-order valence-corrected chi connectivity index (χ2v) is 3.66. The van der Waals surface area contributed by atoms with Gasteiger partial charge in [0, 0.05) is 0 Å². The van der Waals surface area contributed by atoms with Gasteiger partial charge in [0.05, 0.1) is 19.8 Å². The van der Waals surface area contributed by atoms with Gasteiger partial charge in [0.2, 0.25) is 11.8 Å². The summed E-state index contributed by atoms with van der Waals surface area (Å²) in [5, 5.41) is 35.3. The number of carbonyl (C=O) groups is 3. The van der Waals surface area contributed by atoms with Crippen molar-refractivity contribution in [2.75, 3.05) is 19.8 Å². The maximum absolute atomic E-state index is 11.7. The fourth-order valence-electron chi connectivity index (χ4n) is 1.20. The molecule has 0 aromatic carbocycles. The van der Waals surface area contributed by atoms with Gasteiger partial charge in [-0.25, -0.2) is 4.79 Å². The summed E-state index contributed by atoms with van der Waals surface area (Å²) < 4.78 is 0. The quantitative estimate of drug-likeness (QED) is 0.266. The van der Waals surface area contributed by atoms with E-state index in [1.807, 2.05) is 0 Å². The van der Waals surface area contributed by atoms with Gasteiger partial charge in [-0.05, 0) is 0 Å². The van der Waals surface area contributed by atoms with Crippen molar-refractivity contribution < 1.29 is 34.8 Å². The van der Waals surface area contributed by atoms with E-state index in [1.54, 1.807) is 0 Å². The number of nitrogens with two attached hydrogens (primary N) is 2. The highest BCUT2D eigenvalue weighted by molar-refractivity contribution is 6.03. The number of amides is 2. The Hall–Kier alpha value is -1.59. The monoisotopic (exact) mass is 279 g/mol. The van der Waals surface area contributed by atoms with Crippen LogP contribution in [0.25, 0.3) is 0 Å². The Balaban J connectivity index is 5.41. The summed E-state index contributed by atoms with van der Waals surface area (Å²) >= 11 is 0. The SMILES string of the molecule is NC(CO)C(=O)N(C(=O)C(N)CO)C(CO)C(=O)O. The van der Waals surface area contributed by atoms with E-state index in [2.05, 4.69) is 0 Å². The van der Waals surface area contributed by atoms with Crippen LogP contribution in [0.2, 0.25) is 0 Å². The first-order valence-corrected chi connectivity index (χ1v) is 5.25. The molecule has 3 atom stereocenters. The van der Waals surface area contributed by atoms with Crippen LogP contribution in [0.4, 0.5) is 0 Å². The molecular formula is C9H17N3O7. The van der Waals surface area contributed by atoms with E-state index in [-0.39, 0.29) is 4.90 Å². The van der Waals surface area contributed by atoms with Crippen molar-refractivity contribution in [2.24, 2.45) is 11.5 Å². The van der Waals surface area contributed by atoms with Crippen molar-refractivity contribution in [3.8, 4) is 0 Å². The van der Waals surface area contributed by atoms with Crippen LogP contribution in [0, 0.1) is 0 Å². The lowest BCUT2D eigenvalue weighted by Crippen LogP contribution is -2.60. The Kier molecular flexibility index (Phi) is 7.11. The summed E-state index contributed by atoms with van der Waals surface area (Å²) in [6, 6.07) is -4.97. The molecule has 0 aromatic heterocycles. The van der Waals surface area contributed by atoms with Crippen LogP contribution in [0.1, 0.15) is 0 Å². The number of rotatable bonds is 7. The summed E-state index contributed by atoms with van der Waals surface area (Å²) in [6.45, 7) is -2.70. The van der Waals surface area contributed by atoms with E-state index in [1.165, 1.54) is 0 Å². The van der Waals surface area contributed by atoms with Gasteiger partial charge in [-0.3, -0.25) is 14.5 Å². The van der Waals surface area contributed by atoms with Gasteiger partial charge in [0.25, 0.3) is 0 Å². The number of carboxylic acid groups (broad SMARTS) is 1. The average Bonchev–Trinajstić information content (AvgIpc) is 2.40. The molecule has 0 spiro atoms. The number of aliphatic hydroxyl groups excluding tert-OH is 3. The number of hydrogen-bond donors (Lipinski definition) is 6. The van der Waals surface area contributed by atoms with Crippen LogP contribution in [-0.2, 0) is 14.4 Å². The molecular weight excluding hydrogens is 262 g/mol. The molecule has 8 N–H and O–H groups in total. The van der Waals surface area contributed by atoms with E-state index in [0.29, 0.717) is 0 Å². The number of hydrogen-bond acceptors (Lipinski definition) is 8.